The maximum atomic E-state index is 11.9. The van der Waals surface area contributed by atoms with Crippen molar-refractivity contribution < 1.29 is 108 Å². The molecule has 4 aromatic carbocycles. The van der Waals surface area contributed by atoms with Crippen LogP contribution in [0.15, 0.2) is 129 Å². The predicted molar refractivity (Wildman–Crippen MR) is 474 cm³/mol. The predicted octanol–water partition coefficient (Wildman–Crippen LogP) is 9.44. The molecule has 4 rings (SSSR count). The van der Waals surface area contributed by atoms with E-state index in [1.165, 1.54) is 64.6 Å². The van der Waals surface area contributed by atoms with Crippen LogP contribution >= 0.6 is 39.8 Å². The third-order valence-electron chi connectivity index (χ3n) is 14.2. The third kappa shape index (κ3) is 60.5. The number of esters is 1. The van der Waals surface area contributed by atoms with Crippen LogP contribution in [-0.2, 0) is 82.3 Å². The molecule has 0 aliphatic rings. The minimum absolute atomic E-state index is 0.0372. The van der Waals surface area contributed by atoms with E-state index in [0.717, 1.165) is 42.8 Å². The smallest absolute Gasteiger partial charge is 0.352 e. The maximum absolute atomic E-state index is 11.9. The van der Waals surface area contributed by atoms with Crippen LogP contribution in [0.25, 0.3) is 10.4 Å². The molecular weight excluding hydrogens is 1690 g/mol. The van der Waals surface area contributed by atoms with E-state index < -0.39 is 55.5 Å². The second kappa shape index (κ2) is 68.7. The normalized spacial score (nSPS) is 12.1. The summed E-state index contributed by atoms with van der Waals surface area (Å²) < 4.78 is 72.9. The number of ketones is 7. The molecular formula is C78H128N14O23PS4Si-. The summed E-state index contributed by atoms with van der Waals surface area (Å²) in [5.41, 5.74) is 13.8. The van der Waals surface area contributed by atoms with E-state index >= 15 is 0 Å². The van der Waals surface area contributed by atoms with E-state index in [2.05, 4.69) is 120 Å². The van der Waals surface area contributed by atoms with Gasteiger partial charge in [-0.3, -0.25) is 57.8 Å². The standard InChI is InChI=1S/C16H17N3O.C15H21N5O5.C13H29NO4Si.C9H11NO3S.C7H14N2O4.C7H13NO.C6H13O4PS.C5H11NOS2/c1-12(20)14-5-9-16(10-6-14)19-18-15-7-3-13(4-8-15)11-17-2;1-11(21)7-23-10-25-14(19-20-16)8-24-13-5-3-4-12(6-13)15(22)18-9-17-2;1-11(15)16-10-18-19(12(2,3)4,13(5,6)7)17-9-14-8;1-7(11)8-3-5-9(6-4-8)14(12,13)10-2;1-4(10)5(11)6(12)7(13)9-3-8-2;1-6(5-8-3)4-7(2)9;1-3-4-10-11(8,9)12-5-6(2)7;1-5(7)3-8-9-4-6-2/h3-10,17H,11H2,1-2H3;3-6,14,17H,7-10H2,1-2H3,(H,18,22);14H,9-10H2,1-8H3;3-6,10H,1-2H3;5-6,8,11-12H,3H2,1-2H3,(H,9,13);8H,1,4-5H2,2-3H3;3-5H2,1-2H3,(H,8,9);6H,3-4H2,1-2H3/p-1. The van der Waals surface area contributed by atoms with Gasteiger partial charge in [0.2, 0.25) is 10.0 Å². The van der Waals surface area contributed by atoms with Gasteiger partial charge in [-0.05, 0) is 182 Å². The van der Waals surface area contributed by atoms with Gasteiger partial charge in [0, 0.05) is 58.1 Å². The second-order valence-electron chi connectivity index (χ2n) is 27.4. The Labute approximate surface area is 725 Å². The van der Waals surface area contributed by atoms with Gasteiger partial charge in [0.1, 0.15) is 49.2 Å². The van der Waals surface area contributed by atoms with E-state index in [9.17, 15) is 65.8 Å². The SMILES string of the molecule is C=C(CNC)CC(C)=O.CCCOP(=O)([O-])SCC(C)=O.CNCNC(=O)C(O)C(O)C(C)=O.CNCNC(=O)c1cccc(OCC(N=[N+]=[N-])OCOCC(C)=O)c1.CNCO[Si](OCOC(C)=O)(C(C)(C)C)C(C)(C)C.CNCSSCC(C)=O.CNCc1ccc(N=Nc2ccc(C(C)=O)cc2)cc1.CNS(=O)(=O)c1ccc(C(C)=O)cc1. The van der Waals surface area contributed by atoms with Crippen molar-refractivity contribution in [3.63, 3.8) is 0 Å². The number of azide groups is 1. The molecule has 0 spiro atoms. The van der Waals surface area contributed by atoms with Gasteiger partial charge >= 0.3 is 14.5 Å². The number of aliphatic hydroxyl groups excluding tert-OH is 2. The fourth-order valence-electron chi connectivity index (χ4n) is 8.75. The molecule has 37 nitrogen and oxygen atoms in total. The molecule has 0 radical (unpaired) electrons. The average Bonchev–Trinajstić information content (AvgIpc) is 0.760. The maximum Gasteiger partial charge on any atom is 0.352 e. The number of hydrogen-bond acceptors (Lipinski definition) is 35. The van der Waals surface area contributed by atoms with Gasteiger partial charge in [0.05, 0.1) is 60.3 Å². The van der Waals surface area contributed by atoms with Crippen LogP contribution in [0, 0.1) is 0 Å². The number of likely N-dealkylation sites (N-methyl/N-ethyl adjacent to an activating group) is 1. The summed E-state index contributed by atoms with van der Waals surface area (Å²) in [6.45, 7) is 27.9. The second-order valence-corrected chi connectivity index (χ2v) is 40.4. The van der Waals surface area contributed by atoms with Gasteiger partial charge in [-0.2, -0.15) is 10.2 Å². The Kier molecular flexibility index (Phi) is 67.9. The number of Topliss-reactive ketones (excluding diaryl/α,β-unsaturated/α-hetero) is 7. The molecule has 43 heteroatoms. The molecule has 0 aromatic heterocycles. The summed E-state index contributed by atoms with van der Waals surface area (Å²) >= 11 is 0.555. The van der Waals surface area contributed by atoms with Crippen LogP contribution in [0.1, 0.15) is 153 Å². The first kappa shape index (κ1) is 120. The molecule has 2 amide bonds. The van der Waals surface area contributed by atoms with E-state index in [0.29, 0.717) is 65.8 Å². The molecule has 4 unspecified atom stereocenters. The minimum Gasteiger partial charge on any atom is -0.770 e. The molecule has 11 N–H and O–H groups in total. The fraction of sp³-hybridized carbons (Fsp3) is 0.538. The van der Waals surface area contributed by atoms with Gasteiger partial charge in [-0.25, -0.2) is 13.1 Å². The third-order valence-corrected chi connectivity index (χ3v) is 25.9. The van der Waals surface area contributed by atoms with Crippen molar-refractivity contribution in [2.75, 3.05) is 127 Å². The van der Waals surface area contributed by atoms with Crippen molar-refractivity contribution in [3.8, 4) is 5.75 Å². The van der Waals surface area contributed by atoms with Crippen molar-refractivity contribution in [2.45, 2.75) is 157 Å². The lowest BCUT2D eigenvalue weighted by molar-refractivity contribution is -0.189. The summed E-state index contributed by atoms with van der Waals surface area (Å²) in [5, 5.41) is 51.8. The molecule has 0 heterocycles. The molecule has 121 heavy (non-hydrogen) atoms. The summed E-state index contributed by atoms with van der Waals surface area (Å²) in [6, 6.07) is 27.3. The Balaban J connectivity index is -0.000000661. The van der Waals surface area contributed by atoms with Crippen molar-refractivity contribution in [3.05, 3.63) is 142 Å². The highest BCUT2D eigenvalue weighted by molar-refractivity contribution is 8.76. The molecule has 0 aliphatic carbocycles. The minimum atomic E-state index is -3.82. The monoisotopic (exact) mass is 1820 g/mol. The molecule has 0 saturated heterocycles. The fourth-order valence-corrected chi connectivity index (χ4v) is 18.2. The molecule has 682 valence electrons. The summed E-state index contributed by atoms with van der Waals surface area (Å²) in [5.74, 6) is -0.0581. The molecule has 4 aromatic rings. The van der Waals surface area contributed by atoms with Crippen LogP contribution in [0.3, 0.4) is 0 Å². The van der Waals surface area contributed by atoms with E-state index in [4.69, 9.17) is 43.5 Å². The number of amides is 2. The topological polar surface area (TPSA) is 532 Å². The van der Waals surface area contributed by atoms with E-state index in [-0.39, 0.29) is 107 Å². The summed E-state index contributed by atoms with van der Waals surface area (Å²) in [4.78, 5) is 122. The number of sulfonamides is 1. The van der Waals surface area contributed by atoms with Crippen LogP contribution in [0.2, 0.25) is 10.1 Å². The number of carbonyl (C=O) groups is 10. The Morgan fingerprint density at radius 1 is 0.645 bits per heavy atom. The lowest BCUT2D eigenvalue weighted by Gasteiger charge is -2.48. The van der Waals surface area contributed by atoms with Gasteiger partial charge in [0.15, 0.2) is 49.1 Å². The summed E-state index contributed by atoms with van der Waals surface area (Å²) in [6.07, 6.45) is -3.14. The van der Waals surface area contributed by atoms with E-state index in [1.54, 1.807) is 105 Å². The zero-order valence-corrected chi connectivity index (χ0v) is 78.7. The van der Waals surface area contributed by atoms with Crippen LogP contribution < -0.4 is 56.9 Å². The first-order valence-electron chi connectivity index (χ1n) is 37.4. The number of rotatable bonds is 46. The number of nitrogens with zero attached hydrogens (tertiary/aromatic N) is 5. The van der Waals surface area contributed by atoms with Gasteiger partial charge < -0.3 is 84.6 Å². The molecule has 4 atom stereocenters. The van der Waals surface area contributed by atoms with E-state index in [1.807, 2.05) is 59.4 Å². The lowest BCUT2D eigenvalue weighted by atomic mass is 10.1. The average molecular weight is 1820 g/mol. The van der Waals surface area contributed by atoms with Crippen LogP contribution in [0.4, 0.5) is 11.4 Å². The van der Waals surface area contributed by atoms with Crippen molar-refractivity contribution in [1.82, 2.24) is 47.3 Å². The quantitative estimate of drug-likeness (QED) is 0.00168. The molecule has 0 aliphatic heterocycles. The number of benzene rings is 4. The largest absolute Gasteiger partial charge is 0.770 e. The molecule has 0 bridgehead atoms. The zero-order chi connectivity index (χ0) is 93.4. The first-order chi connectivity index (χ1) is 56.6. The number of azo groups is 1. The summed E-state index contributed by atoms with van der Waals surface area (Å²) in [7, 11) is 9.37. The lowest BCUT2D eigenvalue weighted by Crippen LogP contribution is -2.58. The first-order valence-corrected chi connectivity index (χ1v) is 46.4. The Bertz CT molecular complexity index is 3960. The van der Waals surface area contributed by atoms with Crippen molar-refractivity contribution in [2.24, 2.45) is 15.3 Å². The van der Waals surface area contributed by atoms with Gasteiger partial charge in [0.25, 0.3) is 11.8 Å². The highest BCUT2D eigenvalue weighted by Gasteiger charge is 2.58. The molecule has 0 saturated carbocycles. The van der Waals surface area contributed by atoms with Crippen LogP contribution in [-0.4, -0.2) is 231 Å². The zero-order valence-electron chi connectivity index (χ0n) is 73.6. The number of hydrogen-bond donors (Lipinski definition) is 11. The van der Waals surface area contributed by atoms with Crippen LogP contribution in [0.5, 0.6) is 5.75 Å². The number of aliphatic hydroxyl groups is 2. The van der Waals surface area contributed by atoms with Crippen molar-refractivity contribution in [1.29, 1.82) is 0 Å². The number of ether oxygens (including phenoxy) is 4. The Hall–Kier alpha value is -7.72. The highest BCUT2D eigenvalue weighted by Crippen LogP contribution is 2.52. The number of nitrogens with one attached hydrogen (secondary N) is 9. The van der Waals surface area contributed by atoms with Gasteiger partial charge in [-0.15, -0.1) is 0 Å². The highest BCUT2D eigenvalue weighted by atomic mass is 33.1. The van der Waals surface area contributed by atoms with Crippen molar-refractivity contribution >= 4 is 128 Å². The Morgan fingerprint density at radius 3 is 1.62 bits per heavy atom. The molecule has 0 fully saturated rings. The number of carbonyl (C=O) groups excluding carboxylic acids is 10. The Morgan fingerprint density at radius 2 is 1.18 bits per heavy atom. The van der Waals surface area contributed by atoms with Gasteiger partial charge in [-0.1, -0.05) is 129 Å².